The molecule has 0 aromatic heterocycles. The van der Waals surface area contributed by atoms with Gasteiger partial charge in [0.2, 0.25) is 0 Å². The van der Waals surface area contributed by atoms with Crippen LogP contribution in [0.5, 0.6) is 0 Å². The van der Waals surface area contributed by atoms with Crippen LogP contribution in [0, 0.1) is 0 Å². The first-order valence-corrected chi connectivity index (χ1v) is 4.40. The maximum atomic E-state index is 5.49. The minimum atomic E-state index is 0.628. The minimum absolute atomic E-state index is 0.628. The van der Waals surface area contributed by atoms with Crippen molar-refractivity contribution in [3.63, 3.8) is 0 Å². The molecule has 1 atom stereocenters. The second-order valence-corrected chi connectivity index (χ2v) is 2.93. The van der Waals surface area contributed by atoms with Crippen molar-refractivity contribution in [2.24, 2.45) is 5.73 Å². The van der Waals surface area contributed by atoms with E-state index in [0.29, 0.717) is 6.04 Å². The predicted octanol–water partition coefficient (Wildman–Crippen LogP) is 0.0559. The van der Waals surface area contributed by atoms with E-state index in [1.54, 1.807) is 0 Å². The molecule has 66 valence electrons. The first-order chi connectivity index (χ1) is 5.38. The quantitative estimate of drug-likeness (QED) is 0.628. The highest BCUT2D eigenvalue weighted by atomic mass is 16.5. The maximum Gasteiger partial charge on any atom is 0.0622 e. The Morgan fingerprint density at radius 1 is 1.64 bits per heavy atom. The van der Waals surface area contributed by atoms with Crippen molar-refractivity contribution < 1.29 is 4.74 Å². The molecule has 0 spiro atoms. The summed E-state index contributed by atoms with van der Waals surface area (Å²) < 4.78 is 5.30. The van der Waals surface area contributed by atoms with Gasteiger partial charge < -0.3 is 10.5 Å². The molecule has 0 amide bonds. The third-order valence-electron chi connectivity index (χ3n) is 2.24. The summed E-state index contributed by atoms with van der Waals surface area (Å²) >= 11 is 0. The highest BCUT2D eigenvalue weighted by Gasteiger charge is 2.20. The Kier molecular flexibility index (Phi) is 3.83. The lowest BCUT2D eigenvalue weighted by Crippen LogP contribution is -2.38. The fraction of sp³-hybridized carbons (Fsp3) is 1.00. The van der Waals surface area contributed by atoms with E-state index in [1.807, 2.05) is 0 Å². The Morgan fingerprint density at radius 2 is 2.45 bits per heavy atom. The highest BCUT2D eigenvalue weighted by Crippen LogP contribution is 2.10. The Bertz CT molecular complexity index is 102. The van der Waals surface area contributed by atoms with Gasteiger partial charge in [0, 0.05) is 25.7 Å². The number of hydrogen-bond acceptors (Lipinski definition) is 3. The second kappa shape index (κ2) is 4.70. The summed E-state index contributed by atoms with van der Waals surface area (Å²) in [5.41, 5.74) is 5.49. The predicted molar refractivity (Wildman–Crippen MR) is 45.5 cm³/mol. The number of nitrogens with two attached hydrogens (primary N) is 1. The molecule has 1 heterocycles. The number of rotatable bonds is 4. The van der Waals surface area contributed by atoms with Crippen molar-refractivity contribution in [1.29, 1.82) is 0 Å². The first kappa shape index (κ1) is 8.97. The molecule has 1 aliphatic rings. The lowest BCUT2D eigenvalue weighted by atomic mass is 10.2. The van der Waals surface area contributed by atoms with E-state index in [4.69, 9.17) is 10.5 Å². The summed E-state index contributed by atoms with van der Waals surface area (Å²) in [4.78, 5) is 2.40. The van der Waals surface area contributed by atoms with E-state index < -0.39 is 0 Å². The van der Waals surface area contributed by atoms with Crippen molar-refractivity contribution in [2.45, 2.75) is 19.4 Å². The lowest BCUT2D eigenvalue weighted by Gasteiger charge is -2.25. The third kappa shape index (κ3) is 2.43. The summed E-state index contributed by atoms with van der Waals surface area (Å²) in [6.07, 6.45) is 1.17. The molecule has 0 saturated carbocycles. The van der Waals surface area contributed by atoms with Crippen molar-refractivity contribution >= 4 is 0 Å². The SMILES string of the molecule is CCN(CCN)C1CCOC1. The van der Waals surface area contributed by atoms with E-state index in [-0.39, 0.29) is 0 Å². The van der Waals surface area contributed by atoms with Crippen LogP contribution in [0.1, 0.15) is 13.3 Å². The van der Waals surface area contributed by atoms with Gasteiger partial charge in [0.05, 0.1) is 6.61 Å². The largest absolute Gasteiger partial charge is 0.380 e. The van der Waals surface area contributed by atoms with E-state index in [0.717, 1.165) is 32.8 Å². The number of hydrogen-bond donors (Lipinski definition) is 1. The summed E-state index contributed by atoms with van der Waals surface area (Å²) in [6, 6.07) is 0.628. The van der Waals surface area contributed by atoms with Crippen molar-refractivity contribution in [3.05, 3.63) is 0 Å². The summed E-state index contributed by atoms with van der Waals surface area (Å²) in [7, 11) is 0. The smallest absolute Gasteiger partial charge is 0.0622 e. The van der Waals surface area contributed by atoms with Gasteiger partial charge >= 0.3 is 0 Å². The fourth-order valence-corrected chi connectivity index (χ4v) is 1.57. The molecule has 11 heavy (non-hydrogen) atoms. The number of nitrogens with zero attached hydrogens (tertiary/aromatic N) is 1. The average Bonchev–Trinajstić information content (AvgIpc) is 2.52. The number of likely N-dealkylation sites (N-methyl/N-ethyl adjacent to an activating group) is 1. The molecule has 0 bridgehead atoms. The maximum absolute atomic E-state index is 5.49. The minimum Gasteiger partial charge on any atom is -0.380 e. The van der Waals surface area contributed by atoms with Gasteiger partial charge in [-0.2, -0.15) is 0 Å². The molecule has 2 N–H and O–H groups in total. The van der Waals surface area contributed by atoms with Crippen LogP contribution in [0.25, 0.3) is 0 Å². The van der Waals surface area contributed by atoms with Gasteiger partial charge in [-0.15, -0.1) is 0 Å². The van der Waals surface area contributed by atoms with Crippen LogP contribution < -0.4 is 5.73 Å². The average molecular weight is 158 g/mol. The third-order valence-corrected chi connectivity index (χ3v) is 2.24. The topological polar surface area (TPSA) is 38.5 Å². The Hall–Kier alpha value is -0.120. The van der Waals surface area contributed by atoms with Crippen LogP contribution in [-0.4, -0.2) is 43.8 Å². The lowest BCUT2D eigenvalue weighted by molar-refractivity contribution is 0.149. The van der Waals surface area contributed by atoms with Crippen LogP contribution in [0.3, 0.4) is 0 Å². The highest BCUT2D eigenvalue weighted by molar-refractivity contribution is 4.74. The van der Waals surface area contributed by atoms with Gasteiger partial charge in [0.15, 0.2) is 0 Å². The molecule has 0 aromatic rings. The monoisotopic (exact) mass is 158 g/mol. The van der Waals surface area contributed by atoms with Crippen LogP contribution in [-0.2, 0) is 4.74 Å². The van der Waals surface area contributed by atoms with Gasteiger partial charge in [-0.3, -0.25) is 4.90 Å². The Morgan fingerprint density at radius 3 is 2.91 bits per heavy atom. The molecule has 0 aromatic carbocycles. The van der Waals surface area contributed by atoms with E-state index in [9.17, 15) is 0 Å². The van der Waals surface area contributed by atoms with Crippen LogP contribution in [0.4, 0.5) is 0 Å². The first-order valence-electron chi connectivity index (χ1n) is 4.40. The molecule has 1 rings (SSSR count). The van der Waals surface area contributed by atoms with E-state index >= 15 is 0 Å². The van der Waals surface area contributed by atoms with Crippen molar-refractivity contribution in [3.8, 4) is 0 Å². The van der Waals surface area contributed by atoms with Gasteiger partial charge in [-0.05, 0) is 13.0 Å². The second-order valence-electron chi connectivity index (χ2n) is 2.93. The van der Waals surface area contributed by atoms with Crippen LogP contribution >= 0.6 is 0 Å². The standard InChI is InChI=1S/C8H18N2O/c1-2-10(5-4-9)8-3-6-11-7-8/h8H,2-7,9H2,1H3. The zero-order valence-electron chi connectivity index (χ0n) is 7.25. The van der Waals surface area contributed by atoms with Crippen molar-refractivity contribution in [2.75, 3.05) is 32.8 Å². The molecule has 0 aliphatic carbocycles. The molecular formula is C8H18N2O. The van der Waals surface area contributed by atoms with Gasteiger partial charge in [-0.25, -0.2) is 0 Å². The Balaban J connectivity index is 2.27. The zero-order chi connectivity index (χ0) is 8.10. The van der Waals surface area contributed by atoms with Gasteiger partial charge in [0.25, 0.3) is 0 Å². The summed E-state index contributed by atoms with van der Waals surface area (Å²) in [5, 5.41) is 0. The molecule has 1 aliphatic heterocycles. The van der Waals surface area contributed by atoms with E-state index in [1.165, 1.54) is 6.42 Å². The number of ether oxygens (including phenoxy) is 1. The zero-order valence-corrected chi connectivity index (χ0v) is 7.25. The normalized spacial score (nSPS) is 24.8. The van der Waals surface area contributed by atoms with E-state index in [2.05, 4.69) is 11.8 Å². The van der Waals surface area contributed by atoms with Crippen molar-refractivity contribution in [1.82, 2.24) is 4.90 Å². The molecule has 1 fully saturated rings. The summed E-state index contributed by atoms with van der Waals surface area (Å²) in [6.45, 7) is 6.84. The fourth-order valence-electron chi connectivity index (χ4n) is 1.57. The van der Waals surface area contributed by atoms with Crippen LogP contribution in [0.2, 0.25) is 0 Å². The van der Waals surface area contributed by atoms with Crippen LogP contribution in [0.15, 0.2) is 0 Å². The Labute approximate surface area is 68.5 Å². The van der Waals surface area contributed by atoms with Gasteiger partial charge in [-0.1, -0.05) is 6.92 Å². The summed E-state index contributed by atoms with van der Waals surface area (Å²) in [5.74, 6) is 0. The molecular weight excluding hydrogens is 140 g/mol. The molecule has 0 radical (unpaired) electrons. The molecule has 3 nitrogen and oxygen atoms in total. The molecule has 3 heteroatoms. The van der Waals surface area contributed by atoms with Gasteiger partial charge in [0.1, 0.15) is 0 Å². The molecule has 1 unspecified atom stereocenters. The molecule has 1 saturated heterocycles.